The number of aromatic nitrogens is 2. The number of furan rings is 1. The normalized spacial score (nSPS) is 13.8. The maximum Gasteiger partial charge on any atom is 0.166 e. The van der Waals surface area contributed by atoms with Crippen molar-refractivity contribution in [3.63, 3.8) is 0 Å². The van der Waals surface area contributed by atoms with Crippen LogP contribution in [0.2, 0.25) is 0 Å². The van der Waals surface area contributed by atoms with Crippen LogP contribution >= 0.6 is 11.3 Å². The van der Waals surface area contributed by atoms with Crippen LogP contribution in [0, 0.1) is 6.92 Å². The molecule has 0 atom stereocenters. The molecule has 0 fully saturated rings. The second-order valence-electron chi connectivity index (χ2n) is 5.35. The summed E-state index contributed by atoms with van der Waals surface area (Å²) in [7, 11) is 0. The summed E-state index contributed by atoms with van der Waals surface area (Å²) < 4.78 is 5.40. The van der Waals surface area contributed by atoms with Crippen LogP contribution in [0.4, 0.5) is 5.82 Å². The van der Waals surface area contributed by atoms with Crippen molar-refractivity contribution in [1.82, 2.24) is 9.97 Å². The molecule has 4 nitrogen and oxygen atoms in total. The van der Waals surface area contributed by atoms with E-state index in [0.29, 0.717) is 0 Å². The van der Waals surface area contributed by atoms with Gasteiger partial charge in [-0.3, -0.25) is 0 Å². The number of hydrogen-bond donors (Lipinski definition) is 1. The van der Waals surface area contributed by atoms with Crippen LogP contribution in [-0.4, -0.2) is 16.5 Å². The van der Waals surface area contributed by atoms with Crippen LogP contribution in [-0.2, 0) is 12.8 Å². The third kappa shape index (κ3) is 1.95. The van der Waals surface area contributed by atoms with E-state index < -0.39 is 0 Å². The summed E-state index contributed by atoms with van der Waals surface area (Å²) in [6, 6.07) is 1.94. The number of thiophene rings is 1. The van der Waals surface area contributed by atoms with E-state index >= 15 is 0 Å². The van der Waals surface area contributed by atoms with E-state index in [-0.39, 0.29) is 0 Å². The minimum Gasteiger partial charge on any atom is -0.469 e. The summed E-state index contributed by atoms with van der Waals surface area (Å²) in [6.07, 6.45) is 5.29. The molecule has 1 aliphatic rings. The van der Waals surface area contributed by atoms with Crippen molar-refractivity contribution in [2.45, 2.75) is 33.1 Å². The Morgan fingerprint density at radius 3 is 3.00 bits per heavy atom. The fraction of sp³-hybridized carbons (Fsp3) is 0.375. The van der Waals surface area contributed by atoms with Gasteiger partial charge in [-0.25, -0.2) is 9.97 Å². The molecule has 0 saturated carbocycles. The van der Waals surface area contributed by atoms with Crippen LogP contribution in [0.5, 0.6) is 0 Å². The van der Waals surface area contributed by atoms with Gasteiger partial charge in [0.25, 0.3) is 0 Å². The Labute approximate surface area is 127 Å². The maximum atomic E-state index is 5.40. The summed E-state index contributed by atoms with van der Waals surface area (Å²) in [6.45, 7) is 4.91. The van der Waals surface area contributed by atoms with Crippen molar-refractivity contribution in [1.29, 1.82) is 0 Å². The van der Waals surface area contributed by atoms with Crippen molar-refractivity contribution in [2.75, 3.05) is 11.9 Å². The first-order chi connectivity index (χ1) is 10.3. The first-order valence-corrected chi connectivity index (χ1v) is 8.20. The molecular formula is C16H17N3OS. The molecule has 21 heavy (non-hydrogen) atoms. The Kier molecular flexibility index (Phi) is 2.96. The molecule has 3 aromatic rings. The fourth-order valence-electron chi connectivity index (χ4n) is 3.03. The fourth-order valence-corrected chi connectivity index (χ4v) is 4.29. The van der Waals surface area contributed by atoms with Crippen molar-refractivity contribution in [2.24, 2.45) is 0 Å². The largest absolute Gasteiger partial charge is 0.469 e. The molecule has 108 valence electrons. The third-order valence-corrected chi connectivity index (χ3v) is 5.19. The summed E-state index contributed by atoms with van der Waals surface area (Å²) in [4.78, 5) is 12.1. The molecule has 5 heteroatoms. The zero-order valence-corrected chi connectivity index (χ0v) is 13.0. The van der Waals surface area contributed by atoms with Crippen LogP contribution in [0.15, 0.2) is 16.7 Å². The molecule has 1 aliphatic carbocycles. The minimum absolute atomic E-state index is 0.754. The highest BCUT2D eigenvalue weighted by atomic mass is 32.1. The lowest BCUT2D eigenvalue weighted by Crippen LogP contribution is -2.03. The smallest absolute Gasteiger partial charge is 0.166 e. The van der Waals surface area contributed by atoms with Crippen LogP contribution in [0.3, 0.4) is 0 Å². The summed E-state index contributed by atoms with van der Waals surface area (Å²) >= 11 is 1.82. The topological polar surface area (TPSA) is 51.0 Å². The first kappa shape index (κ1) is 12.8. The molecule has 0 saturated heterocycles. The zero-order chi connectivity index (χ0) is 14.4. The third-order valence-electron chi connectivity index (χ3n) is 4.01. The van der Waals surface area contributed by atoms with Gasteiger partial charge in [0.05, 0.1) is 17.2 Å². The van der Waals surface area contributed by atoms with Crippen molar-refractivity contribution in [3.8, 4) is 11.4 Å². The Balaban J connectivity index is 1.97. The maximum absolute atomic E-state index is 5.40. The molecule has 0 aliphatic heterocycles. The molecule has 3 heterocycles. The van der Waals surface area contributed by atoms with Gasteiger partial charge in [0.2, 0.25) is 0 Å². The summed E-state index contributed by atoms with van der Waals surface area (Å²) in [5.41, 5.74) is 2.44. The highest BCUT2D eigenvalue weighted by molar-refractivity contribution is 7.19. The highest BCUT2D eigenvalue weighted by Gasteiger charge is 2.23. The second kappa shape index (κ2) is 4.84. The van der Waals surface area contributed by atoms with Crippen LogP contribution in [0.1, 0.15) is 29.5 Å². The lowest BCUT2D eigenvalue weighted by molar-refractivity contribution is 0.535. The second-order valence-corrected chi connectivity index (χ2v) is 6.44. The standard InChI is InChI=1S/C16H17N3OS/c1-3-17-15-13-11-5-4-6-12(11)21-16(13)19-14(18-15)10-7-8-20-9(10)2/h7-8H,3-6H2,1-2H3,(H,17,18,19). The molecule has 3 aromatic heterocycles. The molecule has 0 radical (unpaired) electrons. The predicted octanol–water partition coefficient (Wildman–Crippen LogP) is 4.18. The Morgan fingerprint density at radius 1 is 1.33 bits per heavy atom. The molecular weight excluding hydrogens is 282 g/mol. The van der Waals surface area contributed by atoms with Gasteiger partial charge in [-0.05, 0) is 44.7 Å². The van der Waals surface area contributed by atoms with E-state index in [2.05, 4.69) is 12.2 Å². The first-order valence-electron chi connectivity index (χ1n) is 7.38. The molecule has 0 aromatic carbocycles. The number of nitrogens with one attached hydrogen (secondary N) is 1. The monoisotopic (exact) mass is 299 g/mol. The van der Waals surface area contributed by atoms with Crippen molar-refractivity contribution in [3.05, 3.63) is 28.5 Å². The van der Waals surface area contributed by atoms with Gasteiger partial charge in [-0.1, -0.05) is 0 Å². The van der Waals surface area contributed by atoms with Gasteiger partial charge in [0, 0.05) is 11.4 Å². The lowest BCUT2D eigenvalue weighted by atomic mass is 10.1. The number of anilines is 1. The number of fused-ring (bicyclic) bond motifs is 3. The number of aryl methyl sites for hydroxylation is 3. The van der Waals surface area contributed by atoms with Gasteiger partial charge in [0.15, 0.2) is 5.82 Å². The van der Waals surface area contributed by atoms with E-state index in [1.165, 1.54) is 28.7 Å². The van der Waals surface area contributed by atoms with Crippen molar-refractivity contribution >= 4 is 27.4 Å². The highest BCUT2D eigenvalue weighted by Crippen LogP contribution is 2.40. The zero-order valence-electron chi connectivity index (χ0n) is 12.2. The molecule has 0 spiro atoms. The Morgan fingerprint density at radius 2 is 2.24 bits per heavy atom. The van der Waals surface area contributed by atoms with E-state index in [0.717, 1.165) is 40.8 Å². The van der Waals surface area contributed by atoms with Gasteiger partial charge < -0.3 is 9.73 Å². The Hall–Kier alpha value is -1.88. The number of rotatable bonds is 3. The number of hydrogen-bond acceptors (Lipinski definition) is 5. The van der Waals surface area contributed by atoms with E-state index in [4.69, 9.17) is 14.4 Å². The Bertz CT molecular complexity index is 818. The number of nitrogens with zero attached hydrogens (tertiary/aromatic N) is 2. The van der Waals surface area contributed by atoms with Gasteiger partial charge >= 0.3 is 0 Å². The van der Waals surface area contributed by atoms with Gasteiger partial charge in [-0.2, -0.15) is 0 Å². The SMILES string of the molecule is CCNc1nc(-c2ccoc2C)nc2sc3c(c12)CCC3. The summed E-state index contributed by atoms with van der Waals surface area (Å²) in [5.74, 6) is 2.59. The molecule has 0 bridgehead atoms. The van der Waals surface area contributed by atoms with Crippen LogP contribution < -0.4 is 5.32 Å². The minimum atomic E-state index is 0.754. The predicted molar refractivity (Wildman–Crippen MR) is 86.0 cm³/mol. The molecule has 1 N–H and O–H groups in total. The van der Waals surface area contributed by atoms with Crippen molar-refractivity contribution < 1.29 is 4.42 Å². The molecule has 0 amide bonds. The quantitative estimate of drug-likeness (QED) is 0.788. The molecule has 0 unspecified atom stereocenters. The molecule has 4 rings (SSSR count). The van der Waals surface area contributed by atoms with Crippen LogP contribution in [0.25, 0.3) is 21.6 Å². The van der Waals surface area contributed by atoms with Gasteiger partial charge in [-0.15, -0.1) is 11.3 Å². The van der Waals surface area contributed by atoms with Gasteiger partial charge in [0.1, 0.15) is 16.4 Å². The van der Waals surface area contributed by atoms with E-state index in [1.807, 2.05) is 24.3 Å². The summed E-state index contributed by atoms with van der Waals surface area (Å²) in [5, 5.41) is 4.65. The average molecular weight is 299 g/mol. The lowest BCUT2D eigenvalue weighted by Gasteiger charge is -2.08. The van der Waals surface area contributed by atoms with E-state index in [9.17, 15) is 0 Å². The average Bonchev–Trinajstić information content (AvgIpc) is 3.13. The van der Waals surface area contributed by atoms with E-state index in [1.54, 1.807) is 6.26 Å².